The Kier molecular flexibility index (Phi) is 3.10. The van der Waals surface area contributed by atoms with Gasteiger partial charge in [0.2, 0.25) is 5.95 Å². The summed E-state index contributed by atoms with van der Waals surface area (Å²) >= 11 is 5.67. The van der Waals surface area contributed by atoms with Gasteiger partial charge in [0.05, 0.1) is 5.02 Å². The molecule has 0 amide bonds. The molecule has 0 spiro atoms. The van der Waals surface area contributed by atoms with Gasteiger partial charge in [0.1, 0.15) is 11.6 Å². The minimum Gasteiger partial charge on any atom is -0.368 e. The number of nitrogens with one attached hydrogen (secondary N) is 1. The van der Waals surface area contributed by atoms with Crippen LogP contribution in [0.4, 0.5) is 21.8 Å². The Bertz CT molecular complexity index is 539. The van der Waals surface area contributed by atoms with Gasteiger partial charge in [-0.15, -0.1) is 0 Å². The number of rotatable bonds is 2. The van der Waals surface area contributed by atoms with E-state index in [1.54, 1.807) is 19.1 Å². The molecule has 1 heterocycles. The summed E-state index contributed by atoms with van der Waals surface area (Å²) in [6.45, 7) is 1.81. The summed E-state index contributed by atoms with van der Waals surface area (Å²) in [5.41, 5.74) is 6.90. The zero-order valence-electron chi connectivity index (χ0n) is 9.04. The van der Waals surface area contributed by atoms with Crippen LogP contribution in [-0.4, -0.2) is 9.97 Å². The van der Waals surface area contributed by atoms with Crippen LogP contribution >= 0.6 is 11.6 Å². The number of halogens is 2. The zero-order valence-corrected chi connectivity index (χ0v) is 9.79. The van der Waals surface area contributed by atoms with Gasteiger partial charge in [-0.05, 0) is 25.1 Å². The molecule has 0 unspecified atom stereocenters. The number of nitrogen functional groups attached to an aromatic ring is 1. The molecule has 0 atom stereocenters. The summed E-state index contributed by atoms with van der Waals surface area (Å²) in [5, 5.41) is 3.02. The van der Waals surface area contributed by atoms with E-state index < -0.39 is 5.82 Å². The lowest BCUT2D eigenvalue weighted by Crippen LogP contribution is -2.01. The van der Waals surface area contributed by atoms with Gasteiger partial charge in [0.15, 0.2) is 0 Å². The molecule has 88 valence electrons. The number of nitrogens with zero attached hydrogens (tertiary/aromatic N) is 2. The molecule has 0 fully saturated rings. The fourth-order valence-corrected chi connectivity index (χ4v) is 1.56. The third-order valence-corrected chi connectivity index (χ3v) is 2.35. The lowest BCUT2D eigenvalue weighted by molar-refractivity contribution is 0.628. The number of benzene rings is 1. The van der Waals surface area contributed by atoms with Crippen molar-refractivity contribution in [2.75, 3.05) is 11.1 Å². The monoisotopic (exact) mass is 252 g/mol. The van der Waals surface area contributed by atoms with Crippen molar-refractivity contribution in [2.24, 2.45) is 0 Å². The lowest BCUT2D eigenvalue weighted by Gasteiger charge is -2.07. The highest BCUT2D eigenvalue weighted by Gasteiger charge is 2.03. The standard InChI is InChI=1S/C11H10ClFN4/c1-6-4-10(17-11(14)15-6)16-7-2-3-9(13)8(12)5-7/h2-5H,1H3,(H3,14,15,16,17). The fraction of sp³-hybridized carbons (Fsp3) is 0.0909. The normalized spacial score (nSPS) is 10.3. The molecule has 0 saturated heterocycles. The van der Waals surface area contributed by atoms with Gasteiger partial charge in [0, 0.05) is 17.4 Å². The van der Waals surface area contributed by atoms with Crippen molar-refractivity contribution in [3.63, 3.8) is 0 Å². The number of aryl methyl sites for hydroxylation is 1. The number of nitrogens with two attached hydrogens (primary N) is 1. The summed E-state index contributed by atoms with van der Waals surface area (Å²) in [7, 11) is 0. The van der Waals surface area contributed by atoms with Crippen molar-refractivity contribution in [1.29, 1.82) is 0 Å². The third kappa shape index (κ3) is 2.82. The number of hydrogen-bond acceptors (Lipinski definition) is 4. The van der Waals surface area contributed by atoms with Crippen LogP contribution in [0.15, 0.2) is 24.3 Å². The lowest BCUT2D eigenvalue weighted by atomic mass is 10.3. The predicted octanol–water partition coefficient (Wildman–Crippen LogP) is 2.90. The van der Waals surface area contributed by atoms with Crippen molar-refractivity contribution in [1.82, 2.24) is 9.97 Å². The van der Waals surface area contributed by atoms with E-state index in [2.05, 4.69) is 15.3 Å². The number of anilines is 3. The van der Waals surface area contributed by atoms with Crippen LogP contribution < -0.4 is 11.1 Å². The van der Waals surface area contributed by atoms with Crippen LogP contribution in [0, 0.1) is 12.7 Å². The maximum atomic E-state index is 13.0. The van der Waals surface area contributed by atoms with Gasteiger partial charge >= 0.3 is 0 Å². The summed E-state index contributed by atoms with van der Waals surface area (Å²) in [5.74, 6) is 0.258. The molecule has 0 radical (unpaired) electrons. The van der Waals surface area contributed by atoms with Gasteiger partial charge in [-0.3, -0.25) is 0 Å². The Morgan fingerprint density at radius 3 is 2.71 bits per heavy atom. The van der Waals surface area contributed by atoms with Crippen molar-refractivity contribution in [3.8, 4) is 0 Å². The Hall–Kier alpha value is -1.88. The molecule has 17 heavy (non-hydrogen) atoms. The molecule has 0 bridgehead atoms. The smallest absolute Gasteiger partial charge is 0.222 e. The predicted molar refractivity (Wildman–Crippen MR) is 65.9 cm³/mol. The number of hydrogen-bond donors (Lipinski definition) is 2. The van der Waals surface area contributed by atoms with Crippen molar-refractivity contribution < 1.29 is 4.39 Å². The first kappa shape index (κ1) is 11.6. The molecule has 3 N–H and O–H groups in total. The van der Waals surface area contributed by atoms with Crippen molar-refractivity contribution in [2.45, 2.75) is 6.92 Å². The second-order valence-electron chi connectivity index (χ2n) is 3.51. The summed E-state index contributed by atoms with van der Waals surface area (Å²) in [4.78, 5) is 7.95. The van der Waals surface area contributed by atoms with Gasteiger partial charge in [-0.25, -0.2) is 9.37 Å². The summed E-state index contributed by atoms with van der Waals surface area (Å²) in [6.07, 6.45) is 0. The molecule has 0 aliphatic heterocycles. The highest BCUT2D eigenvalue weighted by atomic mass is 35.5. The highest BCUT2D eigenvalue weighted by molar-refractivity contribution is 6.31. The minimum absolute atomic E-state index is 0.0498. The van der Waals surface area contributed by atoms with Crippen molar-refractivity contribution >= 4 is 29.1 Å². The van der Waals surface area contributed by atoms with Crippen LogP contribution in [0.5, 0.6) is 0 Å². The van der Waals surface area contributed by atoms with E-state index >= 15 is 0 Å². The fourth-order valence-electron chi connectivity index (χ4n) is 1.38. The molecule has 4 nitrogen and oxygen atoms in total. The SMILES string of the molecule is Cc1cc(Nc2ccc(F)c(Cl)c2)nc(N)n1. The van der Waals surface area contributed by atoms with Gasteiger partial charge < -0.3 is 11.1 Å². The van der Waals surface area contributed by atoms with E-state index in [1.165, 1.54) is 12.1 Å². The molecule has 1 aromatic heterocycles. The molecule has 2 rings (SSSR count). The van der Waals surface area contributed by atoms with Gasteiger partial charge in [-0.1, -0.05) is 11.6 Å². The first-order valence-electron chi connectivity index (χ1n) is 4.88. The minimum atomic E-state index is -0.462. The average Bonchev–Trinajstić information content (AvgIpc) is 2.22. The second-order valence-corrected chi connectivity index (χ2v) is 3.91. The molecular weight excluding hydrogens is 243 g/mol. The Balaban J connectivity index is 2.28. The molecule has 6 heteroatoms. The van der Waals surface area contributed by atoms with Crippen molar-refractivity contribution in [3.05, 3.63) is 40.8 Å². The Morgan fingerprint density at radius 2 is 2.06 bits per heavy atom. The quantitative estimate of drug-likeness (QED) is 0.863. The van der Waals surface area contributed by atoms with Gasteiger partial charge in [0.25, 0.3) is 0 Å². The summed E-state index contributed by atoms with van der Waals surface area (Å²) < 4.78 is 13.0. The molecule has 0 aliphatic carbocycles. The van der Waals surface area contributed by atoms with Gasteiger partial charge in [-0.2, -0.15) is 4.98 Å². The molecular formula is C11H10ClFN4. The average molecular weight is 253 g/mol. The highest BCUT2D eigenvalue weighted by Crippen LogP contribution is 2.22. The van der Waals surface area contributed by atoms with Crippen LogP contribution in [0.1, 0.15) is 5.69 Å². The van der Waals surface area contributed by atoms with Crippen LogP contribution in [-0.2, 0) is 0 Å². The van der Waals surface area contributed by atoms with E-state index in [0.717, 1.165) is 5.69 Å². The van der Waals surface area contributed by atoms with E-state index in [0.29, 0.717) is 11.5 Å². The first-order chi connectivity index (χ1) is 8.04. The molecule has 0 aliphatic rings. The van der Waals surface area contributed by atoms with E-state index in [1.807, 2.05) is 0 Å². The maximum Gasteiger partial charge on any atom is 0.222 e. The molecule has 2 aromatic rings. The van der Waals surface area contributed by atoms with Crippen LogP contribution in [0.3, 0.4) is 0 Å². The summed E-state index contributed by atoms with van der Waals surface area (Å²) in [6, 6.07) is 6.05. The Morgan fingerprint density at radius 1 is 1.29 bits per heavy atom. The van der Waals surface area contributed by atoms with E-state index in [4.69, 9.17) is 17.3 Å². The maximum absolute atomic E-state index is 13.0. The Labute approximate surface area is 103 Å². The molecule has 1 aromatic carbocycles. The van der Waals surface area contributed by atoms with Crippen LogP contribution in [0.25, 0.3) is 0 Å². The van der Waals surface area contributed by atoms with E-state index in [9.17, 15) is 4.39 Å². The number of aromatic nitrogens is 2. The largest absolute Gasteiger partial charge is 0.368 e. The first-order valence-corrected chi connectivity index (χ1v) is 5.25. The second kappa shape index (κ2) is 4.55. The third-order valence-electron chi connectivity index (χ3n) is 2.06. The van der Waals surface area contributed by atoms with Crippen LogP contribution in [0.2, 0.25) is 5.02 Å². The molecule has 0 saturated carbocycles. The topological polar surface area (TPSA) is 63.8 Å². The van der Waals surface area contributed by atoms with E-state index in [-0.39, 0.29) is 11.0 Å². The zero-order chi connectivity index (χ0) is 12.4.